The summed E-state index contributed by atoms with van der Waals surface area (Å²) in [7, 11) is -4.27. The van der Waals surface area contributed by atoms with Gasteiger partial charge in [-0.25, -0.2) is 4.90 Å². The predicted octanol–water partition coefficient (Wildman–Crippen LogP) is -0.0181. The van der Waals surface area contributed by atoms with Gasteiger partial charge in [-0.15, -0.1) is 0 Å². The Balaban J connectivity index is 0.00000162. The fourth-order valence-electron chi connectivity index (χ4n) is 1.42. The Morgan fingerprint density at radius 1 is 0.944 bits per heavy atom. The number of anilines is 1. The monoisotopic (exact) mass is 276 g/mol. The number of hydrogen-bond donors (Lipinski definition) is 1. The quantitative estimate of drug-likeness (QED) is 0.465. The third kappa shape index (κ3) is 2.88. The molecular formula is C10H7NNaO5S. The Morgan fingerprint density at radius 3 is 1.78 bits per heavy atom. The molecule has 0 atom stereocenters. The zero-order chi connectivity index (χ0) is 12.6. The van der Waals surface area contributed by atoms with Crippen LogP contribution in [-0.4, -0.2) is 54.3 Å². The first-order valence-corrected chi connectivity index (χ1v) is 5.97. The minimum atomic E-state index is -4.27. The average Bonchev–Trinajstić information content (AvgIpc) is 2.58. The number of carbonyl (C=O) groups is 2. The maximum absolute atomic E-state index is 11.3. The molecule has 1 N–H and O–H groups in total. The number of amides is 2. The van der Waals surface area contributed by atoms with E-state index < -0.39 is 21.9 Å². The van der Waals surface area contributed by atoms with Crippen molar-refractivity contribution in [3.05, 3.63) is 36.4 Å². The summed E-state index contributed by atoms with van der Waals surface area (Å²) in [6.45, 7) is 0. The second-order valence-corrected chi connectivity index (χ2v) is 4.74. The molecular weight excluding hydrogens is 269 g/mol. The van der Waals surface area contributed by atoms with Crippen molar-refractivity contribution in [3.8, 4) is 0 Å². The summed E-state index contributed by atoms with van der Waals surface area (Å²) >= 11 is 0. The minimum Gasteiger partial charge on any atom is -0.282 e. The molecule has 0 aromatic heterocycles. The fourth-order valence-corrected chi connectivity index (χ4v) is 1.90. The first-order chi connectivity index (χ1) is 7.89. The van der Waals surface area contributed by atoms with E-state index in [0.717, 1.165) is 29.2 Å². The van der Waals surface area contributed by atoms with Gasteiger partial charge in [-0.3, -0.25) is 14.1 Å². The van der Waals surface area contributed by atoms with E-state index in [2.05, 4.69) is 0 Å². The van der Waals surface area contributed by atoms with Gasteiger partial charge in [0.2, 0.25) is 0 Å². The van der Waals surface area contributed by atoms with Crippen molar-refractivity contribution >= 4 is 57.2 Å². The van der Waals surface area contributed by atoms with E-state index in [9.17, 15) is 18.0 Å². The van der Waals surface area contributed by atoms with Gasteiger partial charge in [-0.2, -0.15) is 8.42 Å². The van der Waals surface area contributed by atoms with Crippen LogP contribution < -0.4 is 4.90 Å². The van der Waals surface area contributed by atoms with Crippen LogP contribution in [-0.2, 0) is 19.7 Å². The molecule has 0 saturated carbocycles. The maximum Gasteiger partial charge on any atom is 0.294 e. The third-order valence-electron chi connectivity index (χ3n) is 2.20. The molecule has 0 unspecified atom stereocenters. The Bertz CT molecular complexity index is 602. The van der Waals surface area contributed by atoms with Crippen LogP contribution in [0.15, 0.2) is 41.3 Å². The number of nitrogens with zero attached hydrogens (tertiary/aromatic N) is 1. The molecule has 1 aromatic rings. The molecule has 8 heteroatoms. The molecule has 6 nitrogen and oxygen atoms in total. The van der Waals surface area contributed by atoms with Gasteiger partial charge in [0.25, 0.3) is 21.9 Å². The molecule has 1 radical (unpaired) electrons. The molecule has 1 heterocycles. The Kier molecular flexibility index (Phi) is 4.46. The molecule has 1 aliphatic rings. The molecule has 2 rings (SSSR count). The van der Waals surface area contributed by atoms with E-state index >= 15 is 0 Å². The van der Waals surface area contributed by atoms with Crippen LogP contribution in [0.4, 0.5) is 5.69 Å². The van der Waals surface area contributed by atoms with Gasteiger partial charge >= 0.3 is 0 Å². The van der Waals surface area contributed by atoms with Gasteiger partial charge in [0, 0.05) is 41.7 Å². The molecule has 1 aliphatic heterocycles. The predicted molar refractivity (Wildman–Crippen MR) is 63.6 cm³/mol. The molecule has 0 aliphatic carbocycles. The van der Waals surface area contributed by atoms with Crippen LogP contribution in [0.25, 0.3) is 0 Å². The summed E-state index contributed by atoms with van der Waals surface area (Å²) in [5.41, 5.74) is 0.248. The van der Waals surface area contributed by atoms with Crippen LogP contribution in [0, 0.1) is 0 Å². The minimum absolute atomic E-state index is 0. The SMILES string of the molecule is O=C1C=CC(=O)N1c1ccc(S(=O)(=O)O)cc1.[Na]. The molecule has 0 spiro atoms. The van der Waals surface area contributed by atoms with Gasteiger partial charge < -0.3 is 0 Å². The summed E-state index contributed by atoms with van der Waals surface area (Å²) < 4.78 is 30.3. The molecule has 89 valence electrons. The zero-order valence-corrected chi connectivity index (χ0v) is 12.2. The number of hydrogen-bond acceptors (Lipinski definition) is 4. The topological polar surface area (TPSA) is 91.8 Å². The summed E-state index contributed by atoms with van der Waals surface area (Å²) in [5, 5.41) is 0. The van der Waals surface area contributed by atoms with E-state index in [-0.39, 0.29) is 40.1 Å². The summed E-state index contributed by atoms with van der Waals surface area (Å²) in [6.07, 6.45) is 2.25. The van der Waals surface area contributed by atoms with Gasteiger partial charge in [-0.05, 0) is 24.3 Å². The first-order valence-electron chi connectivity index (χ1n) is 4.53. The van der Waals surface area contributed by atoms with E-state index in [4.69, 9.17) is 4.55 Å². The summed E-state index contributed by atoms with van der Waals surface area (Å²) in [6, 6.07) is 4.77. The van der Waals surface area contributed by atoms with E-state index in [1.54, 1.807) is 0 Å². The summed E-state index contributed by atoms with van der Waals surface area (Å²) in [5.74, 6) is -0.982. The van der Waals surface area contributed by atoms with Crippen molar-refractivity contribution in [3.63, 3.8) is 0 Å². The number of rotatable bonds is 2. The summed E-state index contributed by atoms with van der Waals surface area (Å²) in [4.78, 5) is 23.2. The van der Waals surface area contributed by atoms with Crippen molar-refractivity contribution < 1.29 is 22.6 Å². The fraction of sp³-hybridized carbons (Fsp3) is 0. The molecule has 0 bridgehead atoms. The van der Waals surface area contributed by atoms with Gasteiger partial charge in [-0.1, -0.05) is 0 Å². The zero-order valence-electron chi connectivity index (χ0n) is 9.40. The van der Waals surface area contributed by atoms with Crippen LogP contribution >= 0.6 is 0 Å². The standard InChI is InChI=1S/C10H7NO5S.Na/c12-9-5-6-10(13)11(9)7-1-3-8(4-2-7)17(14,15)16;/h1-6H,(H,14,15,16);. The molecule has 2 amide bonds. The van der Waals surface area contributed by atoms with Gasteiger partial charge in [0.15, 0.2) is 0 Å². The largest absolute Gasteiger partial charge is 0.294 e. The van der Waals surface area contributed by atoms with E-state index in [1.165, 1.54) is 12.1 Å². The van der Waals surface area contributed by atoms with Crippen molar-refractivity contribution in [1.29, 1.82) is 0 Å². The second kappa shape index (κ2) is 5.33. The molecule has 0 saturated heterocycles. The van der Waals surface area contributed by atoms with Crippen molar-refractivity contribution in [2.75, 3.05) is 4.90 Å². The molecule has 1 aromatic carbocycles. The normalized spacial score (nSPS) is 14.8. The Labute approximate surface area is 125 Å². The smallest absolute Gasteiger partial charge is 0.282 e. The number of benzene rings is 1. The number of carbonyl (C=O) groups excluding carboxylic acids is 2. The second-order valence-electron chi connectivity index (χ2n) is 3.31. The van der Waals surface area contributed by atoms with E-state index in [1.807, 2.05) is 0 Å². The average molecular weight is 276 g/mol. The van der Waals surface area contributed by atoms with Crippen LogP contribution in [0.3, 0.4) is 0 Å². The van der Waals surface area contributed by atoms with Crippen molar-refractivity contribution in [2.45, 2.75) is 4.90 Å². The maximum atomic E-state index is 11.3. The van der Waals surface area contributed by atoms with Crippen molar-refractivity contribution in [1.82, 2.24) is 0 Å². The van der Waals surface area contributed by atoms with E-state index in [0.29, 0.717) is 0 Å². The van der Waals surface area contributed by atoms with Crippen LogP contribution in [0.1, 0.15) is 0 Å². The third-order valence-corrected chi connectivity index (χ3v) is 3.07. The van der Waals surface area contributed by atoms with Gasteiger partial charge in [0.1, 0.15) is 0 Å². The van der Waals surface area contributed by atoms with Crippen molar-refractivity contribution in [2.24, 2.45) is 0 Å². The number of imide groups is 1. The first kappa shape index (κ1) is 15.1. The Morgan fingerprint density at radius 2 is 1.39 bits per heavy atom. The molecule has 0 fully saturated rings. The van der Waals surface area contributed by atoms with Crippen LogP contribution in [0.2, 0.25) is 0 Å². The van der Waals surface area contributed by atoms with Crippen LogP contribution in [0.5, 0.6) is 0 Å². The van der Waals surface area contributed by atoms with Gasteiger partial charge in [0.05, 0.1) is 10.6 Å². The Hall–Kier alpha value is -0.990. The molecule has 18 heavy (non-hydrogen) atoms.